The van der Waals surface area contributed by atoms with Crippen molar-refractivity contribution in [3.05, 3.63) is 29.3 Å². The maximum absolute atomic E-state index is 10.2. The summed E-state index contributed by atoms with van der Waals surface area (Å²) in [5, 5.41) is 10.8. The van der Waals surface area contributed by atoms with Crippen LogP contribution in [-0.2, 0) is 0 Å². The van der Waals surface area contributed by atoms with Gasteiger partial charge in [0.1, 0.15) is 18.5 Å². The van der Waals surface area contributed by atoms with Crippen molar-refractivity contribution in [1.82, 2.24) is 9.80 Å². The van der Waals surface area contributed by atoms with Gasteiger partial charge in [-0.15, -0.1) is 0 Å². The molecule has 0 amide bonds. The third kappa shape index (κ3) is 7.08. The Bertz CT molecular complexity index is 433. The predicted octanol–water partition coefficient (Wildman–Crippen LogP) is 2.89. The van der Waals surface area contributed by atoms with Gasteiger partial charge in [-0.1, -0.05) is 31.4 Å². The molecule has 23 heavy (non-hydrogen) atoms. The molecule has 0 saturated carbocycles. The zero-order chi connectivity index (χ0) is 16.5. The molecule has 0 spiro atoms. The zero-order valence-electron chi connectivity index (χ0n) is 14.1. The van der Waals surface area contributed by atoms with Gasteiger partial charge in [-0.25, -0.2) is 0 Å². The first-order valence-corrected chi connectivity index (χ1v) is 9.06. The molecule has 5 heteroatoms. The minimum absolute atomic E-state index is 0.318. The number of unbranched alkanes of at least 4 members (excludes halogenated alkanes) is 2. The Labute approximate surface area is 145 Å². The number of β-amino-alcohol motifs (C(OH)–C–C–N with tert-alkyl or cyclic N) is 1. The Morgan fingerprint density at radius 3 is 2.39 bits per heavy atom. The fourth-order valence-corrected chi connectivity index (χ4v) is 2.98. The number of halogens is 1. The first-order valence-electron chi connectivity index (χ1n) is 8.68. The summed E-state index contributed by atoms with van der Waals surface area (Å²) in [4.78, 5) is 4.86. The van der Waals surface area contributed by atoms with E-state index in [1.807, 2.05) is 12.1 Å². The van der Waals surface area contributed by atoms with Crippen LogP contribution in [0.25, 0.3) is 0 Å². The maximum atomic E-state index is 10.2. The molecule has 1 atom stereocenters. The molecule has 1 fully saturated rings. The van der Waals surface area contributed by atoms with Crippen LogP contribution in [0.1, 0.15) is 26.2 Å². The summed E-state index contributed by atoms with van der Waals surface area (Å²) in [6.07, 6.45) is 3.44. The number of aliphatic hydroxyl groups excluding tert-OH is 1. The predicted molar refractivity (Wildman–Crippen MR) is 95.4 cm³/mol. The fourth-order valence-electron chi connectivity index (χ4n) is 2.85. The molecule has 0 bridgehead atoms. The molecular weight excluding hydrogens is 312 g/mol. The topological polar surface area (TPSA) is 35.9 Å². The molecule has 0 aliphatic carbocycles. The molecule has 1 aliphatic rings. The van der Waals surface area contributed by atoms with Crippen LogP contribution >= 0.6 is 11.6 Å². The first kappa shape index (κ1) is 18.5. The maximum Gasteiger partial charge on any atom is 0.119 e. The zero-order valence-corrected chi connectivity index (χ0v) is 14.8. The minimum Gasteiger partial charge on any atom is -0.491 e. The lowest BCUT2D eigenvalue weighted by atomic mass is 10.2. The number of aliphatic hydroxyl groups is 1. The molecular formula is C18H29ClN2O2. The summed E-state index contributed by atoms with van der Waals surface area (Å²) in [5.74, 6) is 0.745. The Morgan fingerprint density at radius 2 is 1.74 bits per heavy atom. The van der Waals surface area contributed by atoms with E-state index in [1.165, 1.54) is 25.8 Å². The molecule has 1 heterocycles. The second-order valence-electron chi connectivity index (χ2n) is 6.27. The highest BCUT2D eigenvalue weighted by atomic mass is 35.5. The summed E-state index contributed by atoms with van der Waals surface area (Å²) >= 11 is 5.84. The summed E-state index contributed by atoms with van der Waals surface area (Å²) in [5.41, 5.74) is 0. The van der Waals surface area contributed by atoms with Crippen molar-refractivity contribution in [2.75, 3.05) is 45.9 Å². The van der Waals surface area contributed by atoms with Gasteiger partial charge in [0.25, 0.3) is 0 Å². The van der Waals surface area contributed by atoms with E-state index in [2.05, 4.69) is 16.7 Å². The van der Waals surface area contributed by atoms with Gasteiger partial charge >= 0.3 is 0 Å². The van der Waals surface area contributed by atoms with Gasteiger partial charge in [0.2, 0.25) is 0 Å². The third-order valence-corrected chi connectivity index (χ3v) is 4.52. The van der Waals surface area contributed by atoms with Gasteiger partial charge in [-0.05, 0) is 37.2 Å². The van der Waals surface area contributed by atoms with E-state index >= 15 is 0 Å². The normalized spacial score (nSPS) is 18.0. The number of hydrogen-bond acceptors (Lipinski definition) is 4. The van der Waals surface area contributed by atoms with Crippen LogP contribution in [0.2, 0.25) is 5.02 Å². The van der Waals surface area contributed by atoms with E-state index < -0.39 is 6.10 Å². The molecule has 4 nitrogen and oxygen atoms in total. The molecule has 130 valence electrons. The molecule has 1 aromatic rings. The Balaban J connectivity index is 1.60. The number of ether oxygens (including phenoxy) is 1. The summed E-state index contributed by atoms with van der Waals surface area (Å²) in [7, 11) is 0. The highest BCUT2D eigenvalue weighted by molar-refractivity contribution is 6.30. The smallest absolute Gasteiger partial charge is 0.119 e. The number of nitrogens with zero attached hydrogens (tertiary/aromatic N) is 2. The first-order chi connectivity index (χ1) is 11.2. The molecule has 2 rings (SSSR count). The SMILES string of the molecule is CCCCCN1CCN(CC(O)COc2ccc(Cl)cc2)CC1. The van der Waals surface area contributed by atoms with Crippen molar-refractivity contribution >= 4 is 11.6 Å². The second-order valence-corrected chi connectivity index (χ2v) is 6.70. The van der Waals surface area contributed by atoms with Gasteiger partial charge < -0.3 is 14.7 Å². The van der Waals surface area contributed by atoms with Crippen LogP contribution in [0, 0.1) is 0 Å². The molecule has 1 saturated heterocycles. The number of piperazine rings is 1. The number of benzene rings is 1. The van der Waals surface area contributed by atoms with Gasteiger partial charge in [0, 0.05) is 37.7 Å². The number of hydrogen-bond donors (Lipinski definition) is 1. The third-order valence-electron chi connectivity index (χ3n) is 4.27. The van der Waals surface area contributed by atoms with Gasteiger partial charge in [-0.3, -0.25) is 4.90 Å². The standard InChI is InChI=1S/C18H29ClN2O2/c1-2-3-4-9-20-10-12-21(13-11-20)14-17(22)15-23-18-7-5-16(19)6-8-18/h5-8,17,22H,2-4,9-15H2,1H3. The van der Waals surface area contributed by atoms with Crippen LogP contribution in [0.15, 0.2) is 24.3 Å². The lowest BCUT2D eigenvalue weighted by Crippen LogP contribution is -2.49. The molecule has 1 aliphatic heterocycles. The van der Waals surface area contributed by atoms with E-state index in [0.717, 1.165) is 31.9 Å². The summed E-state index contributed by atoms with van der Waals surface area (Å²) in [6, 6.07) is 7.23. The van der Waals surface area contributed by atoms with Gasteiger partial charge in [-0.2, -0.15) is 0 Å². The molecule has 0 radical (unpaired) electrons. The van der Waals surface area contributed by atoms with E-state index in [4.69, 9.17) is 16.3 Å². The lowest BCUT2D eigenvalue weighted by Gasteiger charge is -2.35. The van der Waals surface area contributed by atoms with Crippen LogP contribution in [0.4, 0.5) is 0 Å². The molecule has 1 unspecified atom stereocenters. The highest BCUT2D eigenvalue weighted by Crippen LogP contribution is 2.15. The van der Waals surface area contributed by atoms with E-state index in [1.54, 1.807) is 12.1 Å². The fraction of sp³-hybridized carbons (Fsp3) is 0.667. The van der Waals surface area contributed by atoms with Crippen molar-refractivity contribution in [2.45, 2.75) is 32.3 Å². The van der Waals surface area contributed by atoms with E-state index in [9.17, 15) is 5.11 Å². The largest absolute Gasteiger partial charge is 0.491 e. The molecule has 0 aromatic heterocycles. The summed E-state index contributed by atoms with van der Waals surface area (Å²) < 4.78 is 5.61. The van der Waals surface area contributed by atoms with E-state index in [0.29, 0.717) is 18.2 Å². The van der Waals surface area contributed by atoms with Crippen molar-refractivity contribution in [3.8, 4) is 5.75 Å². The second kappa shape index (κ2) is 10.1. The Hall–Kier alpha value is -0.810. The van der Waals surface area contributed by atoms with Gasteiger partial charge in [0.15, 0.2) is 0 Å². The van der Waals surface area contributed by atoms with Crippen molar-refractivity contribution in [1.29, 1.82) is 0 Å². The monoisotopic (exact) mass is 340 g/mol. The van der Waals surface area contributed by atoms with Crippen LogP contribution in [0.3, 0.4) is 0 Å². The lowest BCUT2D eigenvalue weighted by molar-refractivity contribution is 0.0458. The van der Waals surface area contributed by atoms with Gasteiger partial charge in [0.05, 0.1) is 0 Å². The molecule has 1 N–H and O–H groups in total. The average Bonchev–Trinajstić information content (AvgIpc) is 2.56. The average molecular weight is 341 g/mol. The van der Waals surface area contributed by atoms with Crippen LogP contribution in [-0.4, -0.2) is 66.9 Å². The van der Waals surface area contributed by atoms with Crippen molar-refractivity contribution in [2.24, 2.45) is 0 Å². The highest BCUT2D eigenvalue weighted by Gasteiger charge is 2.19. The van der Waals surface area contributed by atoms with E-state index in [-0.39, 0.29) is 0 Å². The van der Waals surface area contributed by atoms with Crippen LogP contribution in [0.5, 0.6) is 5.75 Å². The quantitative estimate of drug-likeness (QED) is 0.701. The van der Waals surface area contributed by atoms with Crippen molar-refractivity contribution < 1.29 is 9.84 Å². The van der Waals surface area contributed by atoms with Crippen molar-refractivity contribution in [3.63, 3.8) is 0 Å². The number of rotatable bonds is 9. The summed E-state index contributed by atoms with van der Waals surface area (Å²) in [6.45, 7) is 8.72. The Kier molecular flexibility index (Phi) is 8.17. The molecule has 1 aromatic carbocycles. The Morgan fingerprint density at radius 1 is 1.09 bits per heavy atom. The van der Waals surface area contributed by atoms with Crippen LogP contribution < -0.4 is 4.74 Å². The minimum atomic E-state index is -0.461.